The van der Waals surface area contributed by atoms with Crippen molar-refractivity contribution < 1.29 is 28.7 Å². The second-order valence-electron chi connectivity index (χ2n) is 8.47. The smallest absolute Gasteiger partial charge is 0.233 e. The predicted octanol–water partition coefficient (Wildman–Crippen LogP) is 0.0613. The molecule has 0 radical (unpaired) electrons. The number of ether oxygens (including phenoxy) is 2. The van der Waals surface area contributed by atoms with E-state index in [1.54, 1.807) is 0 Å². The lowest BCUT2D eigenvalue weighted by Gasteiger charge is -2.16. The maximum atomic E-state index is 12.2. The van der Waals surface area contributed by atoms with Gasteiger partial charge in [-0.1, -0.05) is 27.7 Å². The number of nitrogens with one attached hydrogen (secondary N) is 3. The normalized spacial score (nSPS) is 16.3. The van der Waals surface area contributed by atoms with Crippen LogP contribution < -0.4 is 16.0 Å². The molecule has 0 aromatic carbocycles. The number of imide groups is 1. The first-order valence-electron chi connectivity index (χ1n) is 11.5. The van der Waals surface area contributed by atoms with Gasteiger partial charge in [0.2, 0.25) is 23.6 Å². The lowest BCUT2D eigenvalue weighted by atomic mass is 9.94. The summed E-state index contributed by atoms with van der Waals surface area (Å²) in [5, 5.41) is 8.63. The first-order valence-corrected chi connectivity index (χ1v) is 11.5. The summed E-state index contributed by atoms with van der Waals surface area (Å²) in [6.07, 6.45) is 0.509. The Balaban J connectivity index is 1.99. The highest BCUT2D eigenvalue weighted by atomic mass is 16.5. The highest BCUT2D eigenvalue weighted by Gasteiger charge is 2.39. The highest BCUT2D eigenvalue weighted by molar-refractivity contribution is 6.03. The predicted molar refractivity (Wildman–Crippen MR) is 120 cm³/mol. The Bertz CT molecular complexity index is 611. The van der Waals surface area contributed by atoms with Crippen molar-refractivity contribution in [3.05, 3.63) is 0 Å². The average molecular weight is 457 g/mol. The number of hydrogen-bond donors (Lipinski definition) is 3. The minimum Gasteiger partial charge on any atom is -0.379 e. The van der Waals surface area contributed by atoms with Crippen molar-refractivity contribution in [3.8, 4) is 0 Å². The summed E-state index contributed by atoms with van der Waals surface area (Å²) in [5.74, 6) is -1.02. The van der Waals surface area contributed by atoms with Crippen molar-refractivity contribution in [1.29, 1.82) is 0 Å². The molecule has 1 aliphatic rings. The summed E-state index contributed by atoms with van der Waals surface area (Å²) < 4.78 is 10.8. The third kappa shape index (κ3) is 11.5. The molecule has 0 spiro atoms. The van der Waals surface area contributed by atoms with Crippen LogP contribution in [0.25, 0.3) is 0 Å². The highest BCUT2D eigenvalue weighted by Crippen LogP contribution is 2.26. The Labute approximate surface area is 191 Å². The van der Waals surface area contributed by atoms with E-state index in [1.807, 2.05) is 13.8 Å². The molecule has 4 amide bonds. The van der Waals surface area contributed by atoms with E-state index in [1.165, 1.54) is 4.90 Å². The Morgan fingerprint density at radius 1 is 0.906 bits per heavy atom. The number of hydrogen-bond acceptors (Lipinski definition) is 7. The molecule has 1 aliphatic heterocycles. The van der Waals surface area contributed by atoms with Crippen molar-refractivity contribution >= 4 is 23.6 Å². The van der Waals surface area contributed by atoms with Crippen LogP contribution >= 0.6 is 0 Å². The molecule has 0 aromatic rings. The molecule has 32 heavy (non-hydrogen) atoms. The number of likely N-dealkylation sites (tertiary alicyclic amines) is 1. The second-order valence-corrected chi connectivity index (χ2v) is 8.47. The van der Waals surface area contributed by atoms with Crippen molar-refractivity contribution in [2.24, 2.45) is 11.8 Å². The van der Waals surface area contributed by atoms with Crippen LogP contribution in [0.15, 0.2) is 0 Å². The summed E-state index contributed by atoms with van der Waals surface area (Å²) in [5.41, 5.74) is 0. The van der Waals surface area contributed by atoms with E-state index in [0.29, 0.717) is 39.0 Å². The number of carbonyl (C=O) groups is 4. The van der Waals surface area contributed by atoms with Crippen LogP contribution in [0.2, 0.25) is 0 Å². The SMILES string of the molecule is CC(C)NCCOCCOCCC(=O)NCCNC(=O)CCN1C(=O)CC(C(C)C)C1=O. The zero-order valence-corrected chi connectivity index (χ0v) is 19.9. The molecule has 10 heteroatoms. The molecule has 1 fully saturated rings. The largest absolute Gasteiger partial charge is 0.379 e. The van der Waals surface area contributed by atoms with Crippen LogP contribution in [0.1, 0.15) is 47.0 Å². The van der Waals surface area contributed by atoms with Gasteiger partial charge in [0.05, 0.1) is 26.4 Å². The summed E-state index contributed by atoms with van der Waals surface area (Å²) in [6, 6.07) is 0.436. The van der Waals surface area contributed by atoms with Crippen LogP contribution in [0, 0.1) is 11.8 Å². The van der Waals surface area contributed by atoms with Crippen LogP contribution in [0.3, 0.4) is 0 Å². The van der Waals surface area contributed by atoms with Crippen LogP contribution in [0.5, 0.6) is 0 Å². The zero-order chi connectivity index (χ0) is 23.9. The molecule has 184 valence electrons. The average Bonchev–Trinajstić information content (AvgIpc) is 3.02. The van der Waals surface area contributed by atoms with Gasteiger partial charge in [-0.15, -0.1) is 0 Å². The van der Waals surface area contributed by atoms with Gasteiger partial charge < -0.3 is 25.4 Å². The molecule has 1 rings (SSSR count). The maximum absolute atomic E-state index is 12.2. The Morgan fingerprint density at radius 2 is 1.50 bits per heavy atom. The van der Waals surface area contributed by atoms with Crippen LogP contribution in [0.4, 0.5) is 0 Å². The second kappa shape index (κ2) is 15.7. The van der Waals surface area contributed by atoms with Gasteiger partial charge in [-0.3, -0.25) is 24.1 Å². The van der Waals surface area contributed by atoms with E-state index in [0.717, 1.165) is 6.54 Å². The van der Waals surface area contributed by atoms with Crippen molar-refractivity contribution in [2.45, 2.75) is 53.0 Å². The molecule has 1 saturated heterocycles. The van der Waals surface area contributed by atoms with Crippen LogP contribution in [-0.4, -0.2) is 87.2 Å². The zero-order valence-electron chi connectivity index (χ0n) is 19.9. The fourth-order valence-corrected chi connectivity index (χ4v) is 3.17. The Kier molecular flexibility index (Phi) is 13.7. The minimum atomic E-state index is -0.288. The van der Waals surface area contributed by atoms with Gasteiger partial charge in [0.15, 0.2) is 0 Å². The molecule has 0 aromatic heterocycles. The number of rotatable bonds is 17. The summed E-state index contributed by atoms with van der Waals surface area (Å²) in [4.78, 5) is 49.1. The van der Waals surface area contributed by atoms with Gasteiger partial charge in [0.25, 0.3) is 0 Å². The third-order valence-corrected chi connectivity index (χ3v) is 5.06. The molecule has 1 heterocycles. The number of nitrogens with zero attached hydrogens (tertiary/aromatic N) is 1. The molecular weight excluding hydrogens is 416 g/mol. The van der Waals surface area contributed by atoms with Gasteiger partial charge >= 0.3 is 0 Å². The van der Waals surface area contributed by atoms with E-state index in [-0.39, 0.29) is 67.8 Å². The quantitative estimate of drug-likeness (QED) is 0.209. The molecule has 3 N–H and O–H groups in total. The van der Waals surface area contributed by atoms with Crippen LogP contribution in [-0.2, 0) is 28.7 Å². The molecule has 0 saturated carbocycles. The lowest BCUT2D eigenvalue weighted by molar-refractivity contribution is -0.140. The van der Waals surface area contributed by atoms with Crippen molar-refractivity contribution in [2.75, 3.05) is 52.6 Å². The minimum absolute atomic E-state index is 0.0552. The summed E-state index contributed by atoms with van der Waals surface area (Å²) in [6.45, 7) is 11.3. The molecule has 0 bridgehead atoms. The topological polar surface area (TPSA) is 126 Å². The lowest BCUT2D eigenvalue weighted by Crippen LogP contribution is -2.38. The first-order chi connectivity index (χ1) is 15.2. The molecule has 0 aliphatic carbocycles. The van der Waals surface area contributed by atoms with Gasteiger partial charge in [0.1, 0.15) is 0 Å². The number of carbonyl (C=O) groups excluding carboxylic acids is 4. The molecule has 1 atom stereocenters. The fraction of sp³-hybridized carbons (Fsp3) is 0.818. The van der Waals surface area contributed by atoms with Gasteiger partial charge in [-0.25, -0.2) is 0 Å². The maximum Gasteiger partial charge on any atom is 0.233 e. The Morgan fingerprint density at radius 3 is 2.06 bits per heavy atom. The standard InChI is InChI=1S/C22H40N4O6/c1-16(2)18-15-21(29)26(22(18)30)10-5-19(27)24-7-8-25-20(28)6-11-31-13-14-32-12-9-23-17(3)4/h16-18,23H,5-15H2,1-4H3,(H,24,27)(H,25,28). The van der Waals surface area contributed by atoms with Crippen molar-refractivity contribution in [3.63, 3.8) is 0 Å². The molecule has 1 unspecified atom stereocenters. The number of amides is 4. The Hall–Kier alpha value is -2.04. The fourth-order valence-electron chi connectivity index (χ4n) is 3.17. The summed E-state index contributed by atoms with van der Waals surface area (Å²) in [7, 11) is 0. The van der Waals surface area contributed by atoms with E-state index >= 15 is 0 Å². The monoisotopic (exact) mass is 456 g/mol. The van der Waals surface area contributed by atoms with Gasteiger partial charge in [0, 0.05) is 57.4 Å². The first kappa shape index (κ1) is 28.0. The molecule has 10 nitrogen and oxygen atoms in total. The van der Waals surface area contributed by atoms with Gasteiger partial charge in [-0.05, 0) is 5.92 Å². The van der Waals surface area contributed by atoms with E-state index < -0.39 is 0 Å². The van der Waals surface area contributed by atoms with Gasteiger partial charge in [-0.2, -0.15) is 0 Å². The van der Waals surface area contributed by atoms with Crippen molar-refractivity contribution in [1.82, 2.24) is 20.9 Å². The van der Waals surface area contributed by atoms with E-state index in [4.69, 9.17) is 9.47 Å². The summed E-state index contributed by atoms with van der Waals surface area (Å²) >= 11 is 0. The molecular formula is C22H40N4O6. The van der Waals surface area contributed by atoms with E-state index in [9.17, 15) is 19.2 Å². The third-order valence-electron chi connectivity index (χ3n) is 5.06. The van der Waals surface area contributed by atoms with E-state index in [2.05, 4.69) is 29.8 Å².